The summed E-state index contributed by atoms with van der Waals surface area (Å²) in [7, 11) is -2.24. The maximum absolute atomic E-state index is 13.0. The van der Waals surface area contributed by atoms with Crippen molar-refractivity contribution < 1.29 is 12.8 Å². The Balaban J connectivity index is 2.29. The molecule has 0 radical (unpaired) electrons. The van der Waals surface area contributed by atoms with Gasteiger partial charge >= 0.3 is 0 Å². The Bertz CT molecular complexity index is 531. The van der Waals surface area contributed by atoms with Crippen LogP contribution in [0.3, 0.4) is 0 Å². The zero-order valence-electron chi connectivity index (χ0n) is 10.1. The van der Waals surface area contributed by atoms with Crippen molar-refractivity contribution in [2.24, 2.45) is 11.7 Å². The van der Waals surface area contributed by atoms with Crippen LogP contribution in [0.4, 0.5) is 4.39 Å². The SMILES string of the molecule is CN(C(CN)C1CC1)S(=O)(=O)c1cncc(F)c1. The molecule has 7 heteroatoms. The lowest BCUT2D eigenvalue weighted by Gasteiger charge is -2.26. The second-order valence-electron chi connectivity index (χ2n) is 4.50. The quantitative estimate of drug-likeness (QED) is 0.851. The summed E-state index contributed by atoms with van der Waals surface area (Å²) in [5.74, 6) is -0.350. The highest BCUT2D eigenvalue weighted by Gasteiger charge is 2.38. The van der Waals surface area contributed by atoms with Crippen LogP contribution >= 0.6 is 0 Å². The molecule has 1 unspecified atom stereocenters. The van der Waals surface area contributed by atoms with E-state index in [1.807, 2.05) is 0 Å². The van der Waals surface area contributed by atoms with Gasteiger partial charge in [0, 0.05) is 25.8 Å². The van der Waals surface area contributed by atoms with Crippen molar-refractivity contribution in [3.8, 4) is 0 Å². The van der Waals surface area contributed by atoms with Gasteiger partial charge in [-0.2, -0.15) is 4.31 Å². The third-order valence-corrected chi connectivity index (χ3v) is 5.08. The lowest BCUT2D eigenvalue weighted by atomic mass is 10.2. The van der Waals surface area contributed by atoms with Gasteiger partial charge in [-0.25, -0.2) is 12.8 Å². The maximum Gasteiger partial charge on any atom is 0.244 e. The predicted octanol–water partition coefficient (Wildman–Crippen LogP) is 0.578. The second kappa shape index (κ2) is 4.91. The van der Waals surface area contributed by atoms with Gasteiger partial charge in [0.2, 0.25) is 10.0 Å². The molecule has 0 aromatic carbocycles. The van der Waals surface area contributed by atoms with Gasteiger partial charge in [0.15, 0.2) is 0 Å². The van der Waals surface area contributed by atoms with E-state index in [-0.39, 0.29) is 17.5 Å². The molecule has 1 atom stereocenters. The lowest BCUT2D eigenvalue weighted by molar-refractivity contribution is 0.340. The molecule has 0 spiro atoms. The minimum absolute atomic E-state index is 0.135. The molecule has 1 aliphatic rings. The fraction of sp³-hybridized carbons (Fsp3) is 0.545. The molecular formula is C11H16FN3O2S. The Hall–Kier alpha value is -1.05. The summed E-state index contributed by atoms with van der Waals surface area (Å²) in [5, 5.41) is 0. The van der Waals surface area contributed by atoms with E-state index in [2.05, 4.69) is 4.98 Å². The predicted molar refractivity (Wildman–Crippen MR) is 64.7 cm³/mol. The van der Waals surface area contributed by atoms with Gasteiger partial charge in [-0.15, -0.1) is 0 Å². The Morgan fingerprint density at radius 2 is 2.22 bits per heavy atom. The average Bonchev–Trinajstić information content (AvgIpc) is 3.14. The summed E-state index contributed by atoms with van der Waals surface area (Å²) in [6, 6.07) is 0.748. The van der Waals surface area contributed by atoms with Crippen LogP contribution < -0.4 is 5.73 Å². The number of nitrogens with two attached hydrogens (primary N) is 1. The minimum atomic E-state index is -3.73. The van der Waals surface area contributed by atoms with Gasteiger partial charge in [0.25, 0.3) is 0 Å². The van der Waals surface area contributed by atoms with E-state index in [1.54, 1.807) is 0 Å². The molecule has 1 aromatic rings. The Morgan fingerprint density at radius 1 is 1.56 bits per heavy atom. The zero-order valence-corrected chi connectivity index (χ0v) is 10.9. The van der Waals surface area contributed by atoms with Crippen molar-refractivity contribution in [1.82, 2.24) is 9.29 Å². The fourth-order valence-electron chi connectivity index (χ4n) is 2.00. The number of hydrogen-bond acceptors (Lipinski definition) is 4. The highest BCUT2D eigenvalue weighted by Crippen LogP contribution is 2.36. The number of halogens is 1. The molecule has 100 valence electrons. The topological polar surface area (TPSA) is 76.3 Å². The smallest absolute Gasteiger partial charge is 0.244 e. The van der Waals surface area contributed by atoms with Crippen molar-refractivity contribution >= 4 is 10.0 Å². The molecule has 2 N–H and O–H groups in total. The molecule has 5 nitrogen and oxygen atoms in total. The van der Waals surface area contributed by atoms with Gasteiger partial charge in [-0.3, -0.25) is 4.98 Å². The summed E-state index contributed by atoms with van der Waals surface area (Å²) >= 11 is 0. The first-order valence-electron chi connectivity index (χ1n) is 5.75. The van der Waals surface area contributed by atoms with Crippen molar-refractivity contribution in [1.29, 1.82) is 0 Å². The van der Waals surface area contributed by atoms with Crippen LogP contribution in [-0.4, -0.2) is 37.3 Å². The molecule has 1 fully saturated rings. The van der Waals surface area contributed by atoms with Crippen LogP contribution in [-0.2, 0) is 10.0 Å². The van der Waals surface area contributed by atoms with Crippen LogP contribution in [0, 0.1) is 11.7 Å². The number of hydrogen-bond donors (Lipinski definition) is 1. The molecule has 0 bridgehead atoms. The van der Waals surface area contributed by atoms with Crippen LogP contribution in [0.1, 0.15) is 12.8 Å². The highest BCUT2D eigenvalue weighted by atomic mass is 32.2. The average molecular weight is 273 g/mol. The third-order valence-electron chi connectivity index (χ3n) is 3.23. The standard InChI is InChI=1S/C11H16FN3O2S/c1-15(11(5-13)8-2-3-8)18(16,17)10-4-9(12)6-14-7-10/h4,6-8,11H,2-3,5,13H2,1H3. The highest BCUT2D eigenvalue weighted by molar-refractivity contribution is 7.89. The Morgan fingerprint density at radius 3 is 2.72 bits per heavy atom. The van der Waals surface area contributed by atoms with E-state index in [0.717, 1.165) is 31.3 Å². The first kappa shape index (κ1) is 13.4. The summed E-state index contributed by atoms with van der Waals surface area (Å²) < 4.78 is 38.8. The van der Waals surface area contributed by atoms with Gasteiger partial charge in [-0.05, 0) is 24.8 Å². The van der Waals surface area contributed by atoms with Crippen molar-refractivity contribution in [2.45, 2.75) is 23.8 Å². The number of pyridine rings is 1. The zero-order chi connectivity index (χ0) is 13.3. The third kappa shape index (κ3) is 2.52. The molecule has 1 heterocycles. The van der Waals surface area contributed by atoms with Gasteiger partial charge < -0.3 is 5.73 Å². The molecule has 0 aliphatic heterocycles. The van der Waals surface area contributed by atoms with Crippen LogP contribution in [0.15, 0.2) is 23.4 Å². The van der Waals surface area contributed by atoms with E-state index >= 15 is 0 Å². The van der Waals surface area contributed by atoms with Gasteiger partial charge in [-0.1, -0.05) is 0 Å². The first-order chi connectivity index (χ1) is 8.46. The second-order valence-corrected chi connectivity index (χ2v) is 6.50. The van der Waals surface area contributed by atoms with Crippen molar-refractivity contribution in [3.63, 3.8) is 0 Å². The van der Waals surface area contributed by atoms with Crippen molar-refractivity contribution in [3.05, 3.63) is 24.3 Å². The summed E-state index contributed by atoms with van der Waals surface area (Å²) in [5.41, 5.74) is 5.62. The molecule has 1 aliphatic carbocycles. The van der Waals surface area contributed by atoms with Crippen molar-refractivity contribution in [2.75, 3.05) is 13.6 Å². The van der Waals surface area contributed by atoms with E-state index in [4.69, 9.17) is 5.73 Å². The molecular weight excluding hydrogens is 257 g/mol. The summed E-state index contributed by atoms with van der Waals surface area (Å²) in [6.07, 6.45) is 4.10. The fourth-order valence-corrected chi connectivity index (χ4v) is 3.40. The van der Waals surface area contributed by atoms with Crippen LogP contribution in [0.25, 0.3) is 0 Å². The molecule has 1 saturated carbocycles. The maximum atomic E-state index is 13.0. The van der Waals surface area contributed by atoms with Gasteiger partial charge in [0.1, 0.15) is 10.7 Å². The molecule has 0 saturated heterocycles. The van der Waals surface area contributed by atoms with E-state index in [0.29, 0.717) is 5.92 Å². The monoisotopic (exact) mass is 273 g/mol. The Labute approximate surface area is 106 Å². The summed E-state index contributed by atoms with van der Waals surface area (Å²) in [4.78, 5) is 3.43. The van der Waals surface area contributed by atoms with E-state index < -0.39 is 15.8 Å². The first-order valence-corrected chi connectivity index (χ1v) is 7.19. The molecule has 2 rings (SSSR count). The van der Waals surface area contributed by atoms with Crippen LogP contribution in [0.5, 0.6) is 0 Å². The molecule has 0 amide bonds. The number of likely N-dealkylation sites (N-methyl/N-ethyl adjacent to an activating group) is 1. The normalized spacial score (nSPS) is 18.0. The number of aromatic nitrogens is 1. The molecule has 1 aromatic heterocycles. The van der Waals surface area contributed by atoms with E-state index in [9.17, 15) is 12.8 Å². The Kier molecular flexibility index (Phi) is 3.65. The van der Waals surface area contributed by atoms with Crippen LogP contribution in [0.2, 0.25) is 0 Å². The largest absolute Gasteiger partial charge is 0.329 e. The number of nitrogens with zero attached hydrogens (tertiary/aromatic N) is 2. The van der Waals surface area contributed by atoms with Gasteiger partial charge in [0.05, 0.1) is 6.20 Å². The lowest BCUT2D eigenvalue weighted by Crippen LogP contribution is -2.43. The summed E-state index contributed by atoms with van der Waals surface area (Å²) in [6.45, 7) is 0.267. The van der Waals surface area contributed by atoms with E-state index in [1.165, 1.54) is 11.4 Å². The number of rotatable bonds is 5. The molecule has 18 heavy (non-hydrogen) atoms. The minimum Gasteiger partial charge on any atom is -0.329 e. The number of sulfonamides is 1.